The van der Waals surface area contributed by atoms with Gasteiger partial charge in [-0.05, 0) is 37.0 Å². The van der Waals surface area contributed by atoms with Crippen LogP contribution in [0, 0.1) is 0 Å². The van der Waals surface area contributed by atoms with Gasteiger partial charge in [-0.25, -0.2) is 0 Å². The molecule has 1 aromatic carbocycles. The Morgan fingerprint density at radius 2 is 2.00 bits per heavy atom. The van der Waals surface area contributed by atoms with E-state index in [1.165, 1.54) is 47.2 Å². The maximum Gasteiger partial charge on any atom is 0.0739 e. The highest BCUT2D eigenvalue weighted by atomic mass is 79.9. The Balaban J connectivity index is 2.04. The topological polar surface area (TPSA) is 12.5 Å². The molecule has 2 aliphatic rings. The predicted molar refractivity (Wildman–Crippen MR) is 68.9 cm³/mol. The zero-order valence-corrected chi connectivity index (χ0v) is 10.9. The molecule has 0 spiro atoms. The van der Waals surface area contributed by atoms with Crippen molar-refractivity contribution in [3.05, 3.63) is 27.7 Å². The molecule has 1 saturated heterocycles. The lowest BCUT2D eigenvalue weighted by molar-refractivity contribution is 0.111. The van der Waals surface area contributed by atoms with Crippen molar-refractivity contribution in [1.82, 2.24) is 0 Å². The quantitative estimate of drug-likeness (QED) is 0.784. The van der Waals surface area contributed by atoms with Crippen molar-refractivity contribution in [2.24, 2.45) is 0 Å². The summed E-state index contributed by atoms with van der Waals surface area (Å²) in [5, 5.41) is 0. The van der Waals surface area contributed by atoms with Crippen LogP contribution in [0.2, 0.25) is 0 Å². The number of halogens is 1. The van der Waals surface area contributed by atoms with Crippen molar-refractivity contribution in [3.8, 4) is 0 Å². The fraction of sp³-hybridized carbons (Fsp3) is 0.538. The normalized spacial score (nSPS) is 19.9. The van der Waals surface area contributed by atoms with Crippen LogP contribution in [-0.2, 0) is 17.8 Å². The van der Waals surface area contributed by atoms with Gasteiger partial charge in [-0.3, -0.25) is 0 Å². The summed E-state index contributed by atoms with van der Waals surface area (Å²) >= 11 is 3.62. The Morgan fingerprint density at radius 3 is 2.81 bits per heavy atom. The van der Waals surface area contributed by atoms with Crippen molar-refractivity contribution >= 4 is 21.6 Å². The van der Waals surface area contributed by atoms with E-state index < -0.39 is 0 Å². The minimum atomic E-state index is 0.786. The molecular formula is C13H16BrNO. The lowest BCUT2D eigenvalue weighted by atomic mass is 10.0. The highest BCUT2D eigenvalue weighted by Gasteiger charge is 2.20. The number of hydrogen-bond donors (Lipinski definition) is 0. The minimum absolute atomic E-state index is 0.786. The molecule has 3 heteroatoms. The summed E-state index contributed by atoms with van der Waals surface area (Å²) < 4.78 is 6.80. The number of anilines is 1. The lowest BCUT2D eigenvalue weighted by Gasteiger charge is -2.26. The third kappa shape index (κ3) is 1.87. The molecular weight excluding hydrogens is 266 g/mol. The summed E-state index contributed by atoms with van der Waals surface area (Å²) in [4.78, 5) is 2.50. The van der Waals surface area contributed by atoms with Gasteiger partial charge in [0.05, 0.1) is 13.2 Å². The number of fused-ring (bicyclic) bond motifs is 1. The number of nitrogens with zero attached hydrogens (tertiary/aromatic N) is 1. The van der Waals surface area contributed by atoms with E-state index in [0.717, 1.165) is 19.6 Å². The van der Waals surface area contributed by atoms with E-state index >= 15 is 0 Å². The molecule has 0 unspecified atom stereocenters. The van der Waals surface area contributed by atoms with Gasteiger partial charge in [-0.15, -0.1) is 0 Å². The molecule has 2 nitrogen and oxygen atoms in total. The summed E-state index contributed by atoms with van der Waals surface area (Å²) in [7, 11) is 0. The third-order valence-corrected chi connectivity index (χ3v) is 3.95. The molecule has 3 rings (SSSR count). The average Bonchev–Trinajstić information content (AvgIpc) is 2.81. The molecule has 2 aliphatic heterocycles. The molecule has 1 aromatic rings. The summed E-state index contributed by atoms with van der Waals surface area (Å²) in [6.45, 7) is 4.04. The first-order chi connectivity index (χ1) is 7.84. The van der Waals surface area contributed by atoms with Crippen LogP contribution in [0.4, 0.5) is 5.69 Å². The van der Waals surface area contributed by atoms with Crippen molar-refractivity contribution in [2.75, 3.05) is 24.6 Å². The number of benzene rings is 1. The monoisotopic (exact) mass is 281 g/mol. The molecule has 2 heterocycles. The third-order valence-electron chi connectivity index (χ3n) is 3.49. The first kappa shape index (κ1) is 10.6. The fourth-order valence-corrected chi connectivity index (χ4v) is 3.16. The van der Waals surface area contributed by atoms with Gasteiger partial charge in [-0.1, -0.05) is 15.9 Å². The highest BCUT2D eigenvalue weighted by molar-refractivity contribution is 9.10. The molecule has 0 radical (unpaired) electrons. The summed E-state index contributed by atoms with van der Waals surface area (Å²) in [5.74, 6) is 0. The summed E-state index contributed by atoms with van der Waals surface area (Å²) in [6.07, 6.45) is 3.69. The fourth-order valence-electron chi connectivity index (χ4n) is 2.66. The van der Waals surface area contributed by atoms with Crippen LogP contribution in [-0.4, -0.2) is 19.7 Å². The first-order valence-corrected chi connectivity index (χ1v) is 6.78. The zero-order valence-electron chi connectivity index (χ0n) is 9.34. The molecule has 0 amide bonds. The molecule has 86 valence electrons. The largest absolute Gasteiger partial charge is 0.376 e. The SMILES string of the molecule is Brc1cc2c(c(N3CCCC3)c1)COCC2. The van der Waals surface area contributed by atoms with Crippen LogP contribution in [0.15, 0.2) is 16.6 Å². The van der Waals surface area contributed by atoms with Crippen LogP contribution in [0.5, 0.6) is 0 Å². The van der Waals surface area contributed by atoms with E-state index in [1.54, 1.807) is 0 Å². The highest BCUT2D eigenvalue weighted by Crippen LogP contribution is 2.33. The minimum Gasteiger partial charge on any atom is -0.376 e. The summed E-state index contributed by atoms with van der Waals surface area (Å²) in [5.41, 5.74) is 4.26. The smallest absolute Gasteiger partial charge is 0.0739 e. The van der Waals surface area contributed by atoms with Crippen LogP contribution in [0.1, 0.15) is 24.0 Å². The molecule has 0 atom stereocenters. The van der Waals surface area contributed by atoms with E-state index in [1.807, 2.05) is 0 Å². The number of ether oxygens (including phenoxy) is 1. The van der Waals surface area contributed by atoms with E-state index in [-0.39, 0.29) is 0 Å². The molecule has 0 N–H and O–H groups in total. The maximum atomic E-state index is 5.59. The molecule has 16 heavy (non-hydrogen) atoms. The lowest BCUT2D eigenvalue weighted by Crippen LogP contribution is -2.22. The molecule has 0 bridgehead atoms. The van der Waals surface area contributed by atoms with Gasteiger partial charge in [0.15, 0.2) is 0 Å². The second kappa shape index (κ2) is 4.38. The van der Waals surface area contributed by atoms with Gasteiger partial charge in [0, 0.05) is 28.8 Å². The Bertz CT molecular complexity index is 399. The Morgan fingerprint density at radius 1 is 1.19 bits per heavy atom. The Hall–Kier alpha value is -0.540. The first-order valence-electron chi connectivity index (χ1n) is 5.98. The van der Waals surface area contributed by atoms with Gasteiger partial charge in [0.1, 0.15) is 0 Å². The van der Waals surface area contributed by atoms with E-state index in [0.29, 0.717) is 0 Å². The van der Waals surface area contributed by atoms with E-state index in [2.05, 4.69) is 33.0 Å². The van der Waals surface area contributed by atoms with E-state index in [4.69, 9.17) is 4.74 Å². The van der Waals surface area contributed by atoms with Gasteiger partial charge in [0.25, 0.3) is 0 Å². The standard InChI is InChI=1S/C13H16BrNO/c14-11-7-10-3-6-16-9-12(10)13(8-11)15-4-1-2-5-15/h7-8H,1-6,9H2. The van der Waals surface area contributed by atoms with E-state index in [9.17, 15) is 0 Å². The maximum absolute atomic E-state index is 5.59. The van der Waals surface area contributed by atoms with Crippen LogP contribution in [0.3, 0.4) is 0 Å². The van der Waals surface area contributed by atoms with Gasteiger partial charge in [0.2, 0.25) is 0 Å². The Kier molecular flexibility index (Phi) is 2.90. The molecule has 0 saturated carbocycles. The average molecular weight is 282 g/mol. The van der Waals surface area contributed by atoms with Gasteiger partial charge >= 0.3 is 0 Å². The molecule has 1 fully saturated rings. The zero-order chi connectivity index (χ0) is 11.0. The van der Waals surface area contributed by atoms with Crippen LogP contribution >= 0.6 is 15.9 Å². The molecule has 0 aromatic heterocycles. The summed E-state index contributed by atoms with van der Waals surface area (Å²) in [6, 6.07) is 4.50. The van der Waals surface area contributed by atoms with Crippen molar-refractivity contribution in [3.63, 3.8) is 0 Å². The second-order valence-corrected chi connectivity index (χ2v) is 5.48. The van der Waals surface area contributed by atoms with Crippen LogP contribution in [0.25, 0.3) is 0 Å². The Labute approximate surface area is 105 Å². The van der Waals surface area contributed by atoms with Crippen LogP contribution < -0.4 is 4.90 Å². The predicted octanol–water partition coefficient (Wildman–Crippen LogP) is 3.12. The van der Waals surface area contributed by atoms with Gasteiger partial charge < -0.3 is 9.64 Å². The van der Waals surface area contributed by atoms with Crippen molar-refractivity contribution < 1.29 is 4.74 Å². The molecule has 0 aliphatic carbocycles. The second-order valence-electron chi connectivity index (χ2n) is 4.56. The number of rotatable bonds is 1. The van der Waals surface area contributed by atoms with Crippen molar-refractivity contribution in [1.29, 1.82) is 0 Å². The van der Waals surface area contributed by atoms with Gasteiger partial charge in [-0.2, -0.15) is 0 Å². The number of hydrogen-bond acceptors (Lipinski definition) is 2. The van der Waals surface area contributed by atoms with Crippen molar-refractivity contribution in [2.45, 2.75) is 25.9 Å².